The van der Waals surface area contributed by atoms with E-state index >= 15 is 0 Å². The highest BCUT2D eigenvalue weighted by atomic mass is 16.5. The fourth-order valence-corrected chi connectivity index (χ4v) is 5.28. The zero-order valence-corrected chi connectivity index (χ0v) is 34.5. The molecule has 3 aromatic carbocycles. The van der Waals surface area contributed by atoms with E-state index in [1.54, 1.807) is 85.2 Å². The van der Waals surface area contributed by atoms with Crippen molar-refractivity contribution in [2.24, 2.45) is 21.1 Å². The van der Waals surface area contributed by atoms with E-state index in [0.717, 1.165) is 0 Å². The minimum Gasteiger partial charge on any atom is -0.507 e. The molecule has 64 heavy (non-hydrogen) atoms. The summed E-state index contributed by atoms with van der Waals surface area (Å²) >= 11 is 0. The van der Waals surface area contributed by atoms with Crippen LogP contribution in [0.15, 0.2) is 120 Å². The quantitative estimate of drug-likeness (QED) is 0.0165. The van der Waals surface area contributed by atoms with Crippen molar-refractivity contribution in [1.29, 1.82) is 0 Å². The van der Waals surface area contributed by atoms with E-state index in [1.807, 2.05) is 0 Å². The van der Waals surface area contributed by atoms with Crippen molar-refractivity contribution in [3.05, 3.63) is 136 Å². The third-order valence-electron chi connectivity index (χ3n) is 8.82. The van der Waals surface area contributed by atoms with Crippen LogP contribution in [0.5, 0.6) is 17.2 Å². The van der Waals surface area contributed by atoms with Crippen LogP contribution in [0.4, 0.5) is 0 Å². The van der Waals surface area contributed by atoms with Gasteiger partial charge in [-0.05, 0) is 61.3 Å². The van der Waals surface area contributed by atoms with Crippen LogP contribution in [0.2, 0.25) is 0 Å². The SMILES string of the molecule is C.C#Cc1ccccc1O.C=C(C)C(=O)OCC(CO)(CN=[N+]=[N-])CN=[N+]=[N-].C=C(C)C(=O)OCC(CO)(Cn1cc(-c2ccccc2O)nn1)Cn1cc(-c2ccccc2O)nn1. The molecule has 0 aliphatic rings. The van der Waals surface area contributed by atoms with Gasteiger partial charge >= 0.3 is 11.9 Å². The van der Waals surface area contributed by atoms with Gasteiger partial charge in [-0.25, -0.2) is 9.59 Å². The van der Waals surface area contributed by atoms with Crippen molar-refractivity contribution in [2.75, 3.05) is 39.5 Å². The van der Waals surface area contributed by atoms with Crippen molar-refractivity contribution in [1.82, 2.24) is 30.0 Å². The molecule has 0 amide bonds. The number of phenolic OH excluding ortho intramolecular Hbond substituents is 3. The Morgan fingerprint density at radius 3 is 1.45 bits per heavy atom. The molecule has 0 aliphatic carbocycles. The van der Waals surface area contributed by atoms with E-state index < -0.39 is 29.4 Å². The molecule has 2 aromatic heterocycles. The van der Waals surface area contributed by atoms with Gasteiger partial charge in [-0.3, -0.25) is 9.36 Å². The molecule has 0 radical (unpaired) electrons. The summed E-state index contributed by atoms with van der Waals surface area (Å²) in [5.41, 5.74) is 17.3. The number of aromatic hydroxyl groups is 3. The highest BCUT2D eigenvalue weighted by molar-refractivity contribution is 5.87. The predicted octanol–water partition coefficient (Wildman–Crippen LogP) is 6.13. The molecule has 0 saturated heterocycles. The van der Waals surface area contributed by atoms with Crippen molar-refractivity contribution >= 4 is 11.9 Å². The molecule has 5 N–H and O–H groups in total. The first-order chi connectivity index (χ1) is 30.2. The fourth-order valence-electron chi connectivity index (χ4n) is 5.28. The predicted molar refractivity (Wildman–Crippen MR) is 236 cm³/mol. The summed E-state index contributed by atoms with van der Waals surface area (Å²) in [4.78, 5) is 28.5. The third-order valence-corrected chi connectivity index (χ3v) is 8.82. The number of esters is 2. The van der Waals surface area contributed by atoms with E-state index in [9.17, 15) is 30.0 Å². The summed E-state index contributed by atoms with van der Waals surface area (Å²) in [5.74, 6) is 1.42. The molecular formula is C43H50N12O9. The maximum absolute atomic E-state index is 12.1. The number of carbonyl (C=O) groups is 2. The number of benzene rings is 3. The number of azide groups is 2. The number of rotatable bonds is 18. The lowest BCUT2D eigenvalue weighted by molar-refractivity contribution is -0.145. The number of hydrogen-bond donors (Lipinski definition) is 5. The number of phenols is 3. The van der Waals surface area contributed by atoms with E-state index in [0.29, 0.717) is 28.1 Å². The standard InChI is InChI=1S/C25H26N6O5.C9H14N6O3.C8H6O.CH4/c1-17(2)24(35)36-16-25(15-32,13-30-11-20(26-28-30)18-7-3-5-9-22(18)33)14-31-12-21(27-29-31)19-8-4-6-10-23(19)34;1-7(2)8(17)18-6-9(5-16,3-12-14-10)4-13-15-11;1-2-7-5-3-4-6-8(7)9;/h3-12,32-34H,1,13-16H2,2H3;16H,1,3-6H2,2H3;1,3-6,9H;1H4. The molecular weight excluding hydrogens is 829 g/mol. The molecule has 336 valence electrons. The number of ether oxygens (including phenoxy) is 2. The number of nitrogens with zero attached hydrogens (tertiary/aromatic N) is 12. The van der Waals surface area contributed by atoms with Crippen LogP contribution in [0.1, 0.15) is 26.8 Å². The molecule has 0 bridgehead atoms. The summed E-state index contributed by atoms with van der Waals surface area (Å²) in [7, 11) is 0. The highest BCUT2D eigenvalue weighted by Gasteiger charge is 2.35. The number of aromatic nitrogens is 6. The maximum Gasteiger partial charge on any atom is 0.333 e. The number of para-hydroxylation sites is 3. The Kier molecular flexibility index (Phi) is 20.8. The van der Waals surface area contributed by atoms with Gasteiger partial charge in [0.15, 0.2) is 0 Å². The number of hydrogen-bond acceptors (Lipinski definition) is 15. The van der Waals surface area contributed by atoms with Crippen LogP contribution in [0.3, 0.4) is 0 Å². The van der Waals surface area contributed by atoms with E-state index in [-0.39, 0.29) is 81.8 Å². The van der Waals surface area contributed by atoms with E-state index in [1.165, 1.54) is 23.2 Å². The van der Waals surface area contributed by atoms with Gasteiger partial charge in [-0.1, -0.05) is 83.6 Å². The average molecular weight is 879 g/mol. The molecule has 0 fully saturated rings. The Labute approximate surface area is 368 Å². The Balaban J connectivity index is 0.000000417. The third kappa shape index (κ3) is 15.4. The lowest BCUT2D eigenvalue weighted by Gasteiger charge is -2.30. The zero-order chi connectivity index (χ0) is 46.4. The van der Waals surface area contributed by atoms with Gasteiger partial charge in [-0.2, -0.15) is 0 Å². The Bertz CT molecular complexity index is 2390. The van der Waals surface area contributed by atoms with Gasteiger partial charge in [0.1, 0.15) is 35.2 Å². The molecule has 2 heterocycles. The second kappa shape index (κ2) is 25.6. The fraction of sp³-hybridized carbons (Fsp3) is 0.302. The first kappa shape index (κ1) is 52.0. The van der Waals surface area contributed by atoms with Gasteiger partial charge < -0.3 is 35.0 Å². The average Bonchev–Trinajstić information content (AvgIpc) is 3.95. The van der Waals surface area contributed by atoms with Gasteiger partial charge in [0.25, 0.3) is 0 Å². The van der Waals surface area contributed by atoms with Crippen LogP contribution >= 0.6 is 0 Å². The second-order valence-corrected chi connectivity index (χ2v) is 14.1. The molecule has 0 saturated carbocycles. The zero-order valence-electron chi connectivity index (χ0n) is 34.5. The van der Waals surface area contributed by atoms with Gasteiger partial charge in [-0.15, -0.1) is 16.6 Å². The molecule has 21 nitrogen and oxygen atoms in total. The smallest absolute Gasteiger partial charge is 0.333 e. The van der Waals surface area contributed by atoms with Crippen LogP contribution in [-0.2, 0) is 32.2 Å². The Hall–Kier alpha value is -8.14. The van der Waals surface area contributed by atoms with Crippen molar-refractivity contribution in [2.45, 2.75) is 34.4 Å². The van der Waals surface area contributed by atoms with E-state index in [4.69, 9.17) is 32.1 Å². The number of aliphatic hydroxyl groups excluding tert-OH is 2. The first-order valence-corrected chi connectivity index (χ1v) is 18.7. The molecule has 5 rings (SSSR count). The van der Waals surface area contributed by atoms with Crippen LogP contribution in [-0.4, -0.2) is 107 Å². The molecule has 0 atom stereocenters. The lowest BCUT2D eigenvalue weighted by atomic mass is 9.89. The van der Waals surface area contributed by atoms with Crippen molar-refractivity contribution < 1.29 is 44.6 Å². The summed E-state index contributed by atoms with van der Waals surface area (Å²) < 4.78 is 13.3. The van der Waals surface area contributed by atoms with Gasteiger partial charge in [0, 0.05) is 50.6 Å². The van der Waals surface area contributed by atoms with Crippen molar-refractivity contribution in [3.8, 4) is 52.1 Å². The topological polar surface area (TPSA) is 313 Å². The van der Waals surface area contributed by atoms with Gasteiger partial charge in [0.05, 0.1) is 56.3 Å². The summed E-state index contributed by atoms with van der Waals surface area (Å²) in [6.07, 6.45) is 8.31. The number of carbonyl (C=O) groups excluding carboxylic acids is 2. The summed E-state index contributed by atoms with van der Waals surface area (Å²) in [6.45, 7) is 8.72. The van der Waals surface area contributed by atoms with Gasteiger partial charge in [0.2, 0.25) is 0 Å². The Morgan fingerprint density at radius 2 is 1.11 bits per heavy atom. The summed E-state index contributed by atoms with van der Waals surface area (Å²) in [6, 6.07) is 20.3. The van der Waals surface area contributed by atoms with Crippen LogP contribution < -0.4 is 0 Å². The molecule has 5 aromatic rings. The lowest BCUT2D eigenvalue weighted by Crippen LogP contribution is -2.41. The number of aliphatic hydroxyl groups is 2. The summed E-state index contributed by atoms with van der Waals surface area (Å²) in [5, 5.41) is 72.2. The van der Waals surface area contributed by atoms with E-state index in [2.05, 4.69) is 59.8 Å². The van der Waals surface area contributed by atoms with Crippen LogP contribution in [0.25, 0.3) is 43.4 Å². The minimum atomic E-state index is -1.11. The minimum absolute atomic E-state index is 0. The van der Waals surface area contributed by atoms with Crippen molar-refractivity contribution in [3.63, 3.8) is 0 Å². The normalized spacial score (nSPS) is 11.1. The Morgan fingerprint density at radius 1 is 0.719 bits per heavy atom. The largest absolute Gasteiger partial charge is 0.507 e. The molecule has 0 unspecified atom stereocenters. The molecule has 0 spiro atoms. The monoisotopic (exact) mass is 878 g/mol. The molecule has 21 heteroatoms. The highest BCUT2D eigenvalue weighted by Crippen LogP contribution is 2.30. The van der Waals surface area contributed by atoms with Crippen LogP contribution in [0, 0.1) is 23.2 Å². The first-order valence-electron chi connectivity index (χ1n) is 18.7. The molecule has 0 aliphatic heterocycles. The second-order valence-electron chi connectivity index (χ2n) is 14.1. The number of terminal acetylenes is 1. The maximum atomic E-state index is 12.1.